The molecule has 0 radical (unpaired) electrons. The highest BCUT2D eigenvalue weighted by molar-refractivity contribution is 5.94. The van der Waals surface area contributed by atoms with Crippen molar-refractivity contribution in [3.63, 3.8) is 0 Å². The molecule has 0 saturated heterocycles. The van der Waals surface area contributed by atoms with Crippen molar-refractivity contribution in [1.82, 2.24) is 9.97 Å². The second-order valence-electron chi connectivity index (χ2n) is 3.81. The van der Waals surface area contributed by atoms with E-state index >= 15 is 0 Å². The lowest BCUT2D eigenvalue weighted by Crippen LogP contribution is -2.28. The molecule has 0 saturated carbocycles. The Morgan fingerprint density at radius 2 is 1.19 bits per heavy atom. The van der Waals surface area contributed by atoms with Crippen LogP contribution in [0.1, 0.15) is 0 Å². The van der Waals surface area contributed by atoms with E-state index in [2.05, 4.69) is 35.3 Å². The largest absolute Gasteiger partial charge is 0.245 e. The molecule has 0 N–H and O–H groups in total. The second kappa shape index (κ2) is 3.14. The van der Waals surface area contributed by atoms with Gasteiger partial charge in [0.05, 0.1) is 21.7 Å². The summed E-state index contributed by atoms with van der Waals surface area (Å²) >= 11 is 0. The molecule has 0 spiro atoms. The first kappa shape index (κ1) is 9.04. The lowest BCUT2D eigenvalue weighted by Gasteiger charge is -2.00. The molecule has 0 unspecified atom stereocenters. The zero-order valence-corrected chi connectivity index (χ0v) is 8.77. The van der Waals surface area contributed by atoms with Gasteiger partial charge >= 0.3 is 0 Å². The molecule has 2 aromatic carbocycles. The van der Waals surface area contributed by atoms with Crippen LogP contribution in [0.15, 0.2) is 36.4 Å². The van der Waals surface area contributed by atoms with Crippen molar-refractivity contribution in [1.29, 1.82) is 0 Å². The maximum Gasteiger partial charge on any atom is 0.0900 e. The molecule has 0 aliphatic rings. The van der Waals surface area contributed by atoms with Crippen molar-refractivity contribution in [2.45, 2.75) is 0 Å². The number of nitrogens with zero attached hydrogens (tertiary/aromatic N) is 2. The molecule has 3 aromatic rings. The predicted molar refractivity (Wildman–Crippen MR) is 67.3 cm³/mol. The Kier molecular flexibility index (Phi) is 1.77. The Balaban J connectivity index is 2.56. The van der Waals surface area contributed by atoms with E-state index in [1.54, 1.807) is 0 Å². The fraction of sp³-hybridized carbons (Fsp3) is 0. The first-order chi connectivity index (χ1) is 7.74. The maximum atomic E-state index is 4.39. The minimum absolute atomic E-state index is 0.641. The Bertz CT molecular complexity index is 723. The van der Waals surface area contributed by atoms with E-state index in [0.717, 1.165) is 11.0 Å². The molecule has 0 amide bonds. The molecule has 3 rings (SSSR count). The lowest BCUT2D eigenvalue weighted by molar-refractivity contribution is 1.18. The minimum atomic E-state index is 0.641. The topological polar surface area (TPSA) is 25.8 Å². The Morgan fingerprint density at radius 1 is 0.750 bits per heavy atom. The van der Waals surface area contributed by atoms with Crippen LogP contribution in [0.2, 0.25) is 0 Å². The number of fused-ring (bicyclic) bond motifs is 2. The number of aromatic nitrogens is 2. The smallest absolute Gasteiger partial charge is 0.0900 e. The number of benzene rings is 2. The quantitative estimate of drug-likeness (QED) is 0.522. The first-order valence-corrected chi connectivity index (χ1v) is 5.08. The Labute approximate surface area is 92.6 Å². The van der Waals surface area contributed by atoms with Gasteiger partial charge in [-0.2, -0.15) is 0 Å². The van der Waals surface area contributed by atoms with Crippen LogP contribution in [0.25, 0.3) is 35.0 Å². The third-order valence-electron chi connectivity index (χ3n) is 2.69. The van der Waals surface area contributed by atoms with Gasteiger partial charge in [-0.3, -0.25) is 0 Å². The lowest BCUT2D eigenvalue weighted by atomic mass is 10.1. The Morgan fingerprint density at radius 3 is 1.62 bits per heavy atom. The molecule has 1 heterocycles. The third-order valence-corrected chi connectivity index (χ3v) is 2.69. The average molecular weight is 206 g/mol. The van der Waals surface area contributed by atoms with Gasteiger partial charge in [0.15, 0.2) is 0 Å². The third kappa shape index (κ3) is 1.27. The Hall–Kier alpha value is -2.22. The summed E-state index contributed by atoms with van der Waals surface area (Å²) < 4.78 is 0. The van der Waals surface area contributed by atoms with Gasteiger partial charge in [0.2, 0.25) is 0 Å². The van der Waals surface area contributed by atoms with Gasteiger partial charge in [-0.25, -0.2) is 9.97 Å². The fourth-order valence-corrected chi connectivity index (χ4v) is 1.82. The molecule has 76 valence electrons. The summed E-state index contributed by atoms with van der Waals surface area (Å²) in [5.41, 5.74) is 1.74. The van der Waals surface area contributed by atoms with Crippen LogP contribution in [-0.4, -0.2) is 9.97 Å². The van der Waals surface area contributed by atoms with Crippen LogP contribution in [0.5, 0.6) is 0 Å². The van der Waals surface area contributed by atoms with Crippen LogP contribution >= 0.6 is 0 Å². The van der Waals surface area contributed by atoms with E-state index in [1.165, 1.54) is 10.8 Å². The number of hydrogen-bond donors (Lipinski definition) is 0. The molecule has 1 aromatic heterocycles. The summed E-state index contributed by atoms with van der Waals surface area (Å²) in [7, 11) is 0. The second-order valence-corrected chi connectivity index (χ2v) is 3.81. The van der Waals surface area contributed by atoms with Crippen LogP contribution in [0, 0.1) is 0 Å². The van der Waals surface area contributed by atoms with Crippen LogP contribution in [0.4, 0.5) is 0 Å². The van der Waals surface area contributed by atoms with Crippen LogP contribution in [0.3, 0.4) is 0 Å². The highest BCUT2D eigenvalue weighted by Crippen LogP contribution is 2.18. The summed E-state index contributed by atoms with van der Waals surface area (Å²) in [5, 5.41) is 3.62. The van der Waals surface area contributed by atoms with Gasteiger partial charge in [-0.1, -0.05) is 37.4 Å². The van der Waals surface area contributed by atoms with Crippen LogP contribution < -0.4 is 10.7 Å². The monoisotopic (exact) mass is 206 g/mol. The minimum Gasteiger partial charge on any atom is -0.245 e. The summed E-state index contributed by atoms with van der Waals surface area (Å²) in [5.74, 6) is 0. The summed E-state index contributed by atoms with van der Waals surface area (Å²) in [6, 6.07) is 12.2. The molecule has 0 aliphatic carbocycles. The number of hydrogen-bond acceptors (Lipinski definition) is 2. The van der Waals surface area contributed by atoms with Gasteiger partial charge in [-0.15, -0.1) is 0 Å². The molecular formula is C14H10N2. The zero-order chi connectivity index (χ0) is 11.1. The van der Waals surface area contributed by atoms with Gasteiger partial charge in [-0.05, 0) is 22.9 Å². The maximum absolute atomic E-state index is 4.39. The highest BCUT2D eigenvalue weighted by Gasteiger charge is 1.99. The van der Waals surface area contributed by atoms with Gasteiger partial charge in [0.25, 0.3) is 0 Å². The molecule has 0 bridgehead atoms. The standard InChI is InChI=1S/C14H10N2/c1-9-10(2)16-14-8-12-6-4-3-5-11(12)7-13(14)15-9/h3-8H,1-2H2. The fourth-order valence-electron chi connectivity index (χ4n) is 1.82. The average Bonchev–Trinajstić information content (AvgIpc) is 2.28. The number of rotatable bonds is 0. The van der Waals surface area contributed by atoms with E-state index in [4.69, 9.17) is 0 Å². The van der Waals surface area contributed by atoms with Crippen molar-refractivity contribution in [2.24, 2.45) is 0 Å². The predicted octanol–water partition coefficient (Wildman–Crippen LogP) is 1.60. The van der Waals surface area contributed by atoms with Gasteiger partial charge in [0.1, 0.15) is 0 Å². The van der Waals surface area contributed by atoms with Crippen molar-refractivity contribution in [3.05, 3.63) is 47.1 Å². The molecule has 2 heteroatoms. The van der Waals surface area contributed by atoms with E-state index in [-0.39, 0.29) is 0 Å². The molecule has 0 aliphatic heterocycles. The van der Waals surface area contributed by atoms with Crippen molar-refractivity contribution >= 4 is 35.0 Å². The van der Waals surface area contributed by atoms with E-state index in [9.17, 15) is 0 Å². The molecule has 0 fully saturated rings. The van der Waals surface area contributed by atoms with Gasteiger partial charge < -0.3 is 0 Å². The van der Waals surface area contributed by atoms with E-state index in [1.807, 2.05) is 24.3 Å². The summed E-state index contributed by atoms with van der Waals surface area (Å²) in [4.78, 5) is 8.78. The zero-order valence-electron chi connectivity index (χ0n) is 8.77. The molecule has 2 nitrogen and oxygen atoms in total. The summed E-state index contributed by atoms with van der Waals surface area (Å²) in [6.45, 7) is 7.63. The summed E-state index contributed by atoms with van der Waals surface area (Å²) in [6.07, 6.45) is 0. The van der Waals surface area contributed by atoms with Crippen molar-refractivity contribution in [2.75, 3.05) is 0 Å². The van der Waals surface area contributed by atoms with Gasteiger partial charge in [0, 0.05) is 0 Å². The van der Waals surface area contributed by atoms with Crippen LogP contribution in [-0.2, 0) is 0 Å². The molecule has 16 heavy (non-hydrogen) atoms. The van der Waals surface area contributed by atoms with Crippen molar-refractivity contribution in [3.8, 4) is 0 Å². The van der Waals surface area contributed by atoms with E-state index in [0.29, 0.717) is 10.7 Å². The SMILES string of the molecule is C=c1nc2cc3ccccc3cc2nc1=C. The molecule has 0 atom stereocenters. The van der Waals surface area contributed by atoms with E-state index < -0.39 is 0 Å². The van der Waals surface area contributed by atoms with Crippen molar-refractivity contribution < 1.29 is 0 Å². The molecular weight excluding hydrogens is 196 g/mol. The first-order valence-electron chi connectivity index (χ1n) is 5.08. The normalized spacial score (nSPS) is 11.0. The highest BCUT2D eigenvalue weighted by atomic mass is 14.8.